The van der Waals surface area contributed by atoms with Gasteiger partial charge in [-0.3, -0.25) is 14.2 Å². The highest BCUT2D eigenvalue weighted by atomic mass is 79.9. The van der Waals surface area contributed by atoms with Gasteiger partial charge in [0.25, 0.3) is 5.56 Å². The van der Waals surface area contributed by atoms with Crippen molar-refractivity contribution in [2.75, 3.05) is 11.1 Å². The van der Waals surface area contributed by atoms with Crippen molar-refractivity contribution in [1.82, 2.24) is 9.55 Å². The second-order valence-corrected chi connectivity index (χ2v) is 7.83. The molecule has 0 spiro atoms. The van der Waals surface area contributed by atoms with Crippen molar-refractivity contribution >= 4 is 50.2 Å². The number of halogens is 3. The minimum atomic E-state index is -0.851. The standard InChI is InChI=1S/C19H16BrF2N3O2S/c1-2-7-25-18(27)13-8-11(20)3-5-15(13)24-19(25)28-10-17(26)23-16-6-4-12(21)9-14(16)22/h3-6,8-9H,2,7,10H2,1H3,(H,23,26). The smallest absolute Gasteiger partial charge is 0.262 e. The summed E-state index contributed by atoms with van der Waals surface area (Å²) in [6.07, 6.45) is 0.724. The molecule has 1 amide bonds. The Balaban J connectivity index is 1.83. The highest BCUT2D eigenvalue weighted by molar-refractivity contribution is 9.10. The Morgan fingerprint density at radius 1 is 1.25 bits per heavy atom. The van der Waals surface area contributed by atoms with Gasteiger partial charge in [0.05, 0.1) is 22.3 Å². The molecule has 146 valence electrons. The van der Waals surface area contributed by atoms with Crippen LogP contribution in [0.4, 0.5) is 14.5 Å². The molecule has 0 radical (unpaired) electrons. The van der Waals surface area contributed by atoms with Crippen molar-refractivity contribution in [2.24, 2.45) is 0 Å². The van der Waals surface area contributed by atoms with E-state index in [2.05, 4.69) is 26.2 Å². The van der Waals surface area contributed by atoms with Gasteiger partial charge in [0, 0.05) is 17.1 Å². The minimum absolute atomic E-state index is 0.0744. The van der Waals surface area contributed by atoms with Crippen molar-refractivity contribution in [1.29, 1.82) is 0 Å². The molecule has 3 rings (SSSR count). The van der Waals surface area contributed by atoms with Crippen molar-refractivity contribution in [3.05, 3.63) is 62.9 Å². The van der Waals surface area contributed by atoms with Crippen molar-refractivity contribution < 1.29 is 13.6 Å². The summed E-state index contributed by atoms with van der Waals surface area (Å²) >= 11 is 4.44. The van der Waals surface area contributed by atoms with Crippen LogP contribution in [0, 0.1) is 11.6 Å². The van der Waals surface area contributed by atoms with Gasteiger partial charge in [0.2, 0.25) is 5.91 Å². The van der Waals surface area contributed by atoms with Crippen LogP contribution >= 0.6 is 27.7 Å². The summed E-state index contributed by atoms with van der Waals surface area (Å²) in [4.78, 5) is 29.5. The fourth-order valence-corrected chi connectivity index (χ4v) is 3.80. The molecular weight excluding hydrogens is 452 g/mol. The van der Waals surface area contributed by atoms with E-state index >= 15 is 0 Å². The molecule has 0 atom stereocenters. The molecule has 0 aliphatic rings. The first-order valence-corrected chi connectivity index (χ1v) is 10.2. The molecule has 0 aliphatic heterocycles. The van der Waals surface area contributed by atoms with Gasteiger partial charge in [0.15, 0.2) is 5.16 Å². The maximum absolute atomic E-state index is 13.7. The maximum atomic E-state index is 13.7. The molecule has 1 aromatic heterocycles. The summed E-state index contributed by atoms with van der Waals surface area (Å²) in [5.41, 5.74) is 0.253. The molecule has 0 unspecified atom stereocenters. The first-order valence-electron chi connectivity index (χ1n) is 8.47. The zero-order chi connectivity index (χ0) is 20.3. The monoisotopic (exact) mass is 467 g/mol. The van der Waals surface area contributed by atoms with Crippen molar-refractivity contribution in [2.45, 2.75) is 25.0 Å². The number of nitrogens with zero attached hydrogens (tertiary/aromatic N) is 2. The van der Waals surface area contributed by atoms with E-state index in [-0.39, 0.29) is 17.0 Å². The predicted octanol–water partition coefficient (Wildman–Crippen LogP) is 4.58. The Hall–Kier alpha value is -2.26. The Bertz CT molecular complexity index is 1100. The Labute approximate surface area is 172 Å². The first kappa shape index (κ1) is 20.5. The molecule has 5 nitrogen and oxygen atoms in total. The lowest BCUT2D eigenvalue weighted by Crippen LogP contribution is -2.24. The highest BCUT2D eigenvalue weighted by Gasteiger charge is 2.14. The van der Waals surface area contributed by atoms with Crippen LogP contribution in [0.1, 0.15) is 13.3 Å². The van der Waals surface area contributed by atoms with Gasteiger partial charge in [-0.2, -0.15) is 0 Å². The molecule has 9 heteroatoms. The second kappa shape index (κ2) is 8.83. The largest absolute Gasteiger partial charge is 0.323 e. The van der Waals surface area contributed by atoms with Crippen LogP contribution in [0.25, 0.3) is 10.9 Å². The normalized spacial score (nSPS) is 11.0. The van der Waals surface area contributed by atoms with Gasteiger partial charge in [-0.05, 0) is 36.8 Å². The first-order chi connectivity index (χ1) is 13.4. The van der Waals surface area contributed by atoms with E-state index in [0.29, 0.717) is 28.7 Å². The Morgan fingerprint density at radius 3 is 2.75 bits per heavy atom. The van der Waals surface area contributed by atoms with E-state index in [1.54, 1.807) is 18.2 Å². The van der Waals surface area contributed by atoms with Crippen LogP contribution in [-0.4, -0.2) is 21.2 Å². The molecule has 1 heterocycles. The van der Waals surface area contributed by atoms with Crippen LogP contribution in [0.2, 0.25) is 0 Å². The summed E-state index contributed by atoms with van der Waals surface area (Å²) in [6, 6.07) is 8.16. The van der Waals surface area contributed by atoms with Crippen LogP contribution in [-0.2, 0) is 11.3 Å². The molecule has 0 bridgehead atoms. The molecule has 3 aromatic rings. The maximum Gasteiger partial charge on any atom is 0.262 e. The third-order valence-corrected chi connectivity index (χ3v) is 5.34. The number of hydrogen-bond donors (Lipinski definition) is 1. The van der Waals surface area contributed by atoms with E-state index in [1.165, 1.54) is 4.57 Å². The molecule has 0 fully saturated rings. The quantitative estimate of drug-likeness (QED) is 0.425. The van der Waals surface area contributed by atoms with Crippen molar-refractivity contribution in [3.63, 3.8) is 0 Å². The van der Waals surface area contributed by atoms with E-state index in [9.17, 15) is 18.4 Å². The third kappa shape index (κ3) is 4.59. The average Bonchev–Trinajstić information content (AvgIpc) is 2.65. The summed E-state index contributed by atoms with van der Waals surface area (Å²) in [5.74, 6) is -2.13. The molecule has 1 N–H and O–H groups in total. The molecule has 28 heavy (non-hydrogen) atoms. The molecule has 0 saturated carbocycles. The number of thioether (sulfide) groups is 1. The van der Waals surface area contributed by atoms with Gasteiger partial charge < -0.3 is 5.32 Å². The molecule has 0 aliphatic carbocycles. The summed E-state index contributed by atoms with van der Waals surface area (Å²) < 4.78 is 29.0. The van der Waals surface area contributed by atoms with E-state index in [1.807, 2.05) is 6.92 Å². The average molecular weight is 468 g/mol. The number of aromatic nitrogens is 2. The Morgan fingerprint density at radius 2 is 2.04 bits per heavy atom. The SMILES string of the molecule is CCCn1c(SCC(=O)Nc2ccc(F)cc2F)nc2ccc(Br)cc2c1=O. The van der Waals surface area contributed by atoms with Crippen LogP contribution in [0.3, 0.4) is 0 Å². The lowest BCUT2D eigenvalue weighted by molar-refractivity contribution is -0.113. The third-order valence-electron chi connectivity index (χ3n) is 3.87. The molecule has 0 saturated heterocycles. The molecular formula is C19H16BrF2N3O2S. The van der Waals surface area contributed by atoms with E-state index in [4.69, 9.17) is 0 Å². The number of carbonyl (C=O) groups excluding carboxylic acids is 1. The summed E-state index contributed by atoms with van der Waals surface area (Å²) in [5, 5.41) is 3.30. The number of fused-ring (bicyclic) bond motifs is 1. The van der Waals surface area contributed by atoms with Crippen LogP contribution < -0.4 is 10.9 Å². The lowest BCUT2D eigenvalue weighted by atomic mass is 10.2. The van der Waals surface area contributed by atoms with E-state index in [0.717, 1.165) is 34.8 Å². The number of carbonyl (C=O) groups is 1. The number of benzene rings is 2. The number of hydrogen-bond acceptors (Lipinski definition) is 4. The van der Waals surface area contributed by atoms with E-state index < -0.39 is 17.5 Å². The number of amides is 1. The summed E-state index contributed by atoms with van der Waals surface area (Å²) in [6.45, 7) is 2.40. The van der Waals surface area contributed by atoms with Crippen LogP contribution in [0.5, 0.6) is 0 Å². The summed E-state index contributed by atoms with van der Waals surface area (Å²) in [7, 11) is 0. The number of nitrogens with one attached hydrogen (secondary N) is 1. The predicted molar refractivity (Wildman–Crippen MR) is 110 cm³/mol. The van der Waals surface area contributed by atoms with Gasteiger partial charge in [0.1, 0.15) is 11.6 Å². The number of rotatable bonds is 6. The fraction of sp³-hybridized carbons (Fsp3) is 0.211. The van der Waals surface area contributed by atoms with Crippen molar-refractivity contribution in [3.8, 4) is 0 Å². The topological polar surface area (TPSA) is 64.0 Å². The fourth-order valence-electron chi connectivity index (χ4n) is 2.61. The van der Waals surface area contributed by atoms with Gasteiger partial charge in [-0.15, -0.1) is 0 Å². The zero-order valence-electron chi connectivity index (χ0n) is 14.8. The highest BCUT2D eigenvalue weighted by Crippen LogP contribution is 2.22. The van der Waals surface area contributed by atoms with Gasteiger partial charge >= 0.3 is 0 Å². The lowest BCUT2D eigenvalue weighted by Gasteiger charge is -2.12. The minimum Gasteiger partial charge on any atom is -0.323 e. The second-order valence-electron chi connectivity index (χ2n) is 5.97. The zero-order valence-corrected chi connectivity index (χ0v) is 17.2. The van der Waals surface area contributed by atoms with Gasteiger partial charge in [-0.1, -0.05) is 34.6 Å². The molecule has 2 aromatic carbocycles. The number of anilines is 1. The van der Waals surface area contributed by atoms with Crippen LogP contribution in [0.15, 0.2) is 50.8 Å². The Kier molecular flexibility index (Phi) is 6.46. The van der Waals surface area contributed by atoms with Gasteiger partial charge in [-0.25, -0.2) is 13.8 Å².